The summed E-state index contributed by atoms with van der Waals surface area (Å²) in [6.07, 6.45) is 22.5. The monoisotopic (exact) mass is 532 g/mol. The maximum absolute atomic E-state index is 4.30. The maximum atomic E-state index is 4.30. The predicted octanol–water partition coefficient (Wildman–Crippen LogP) is 8.45. The van der Waals surface area contributed by atoms with Crippen LogP contribution in [0.2, 0.25) is 0 Å². The lowest BCUT2D eigenvalue weighted by atomic mass is 10.1. The number of hydrogen-bond donors (Lipinski definition) is 1. The molecule has 1 N–H and O–H groups in total. The van der Waals surface area contributed by atoms with Crippen LogP contribution in [0.1, 0.15) is 82.1 Å². The molecule has 1 saturated heterocycles. The Bertz CT molecular complexity index is 666. The molecule has 0 aromatic rings. The SMILES string of the molecule is C/C=C\C.C=CCC=CC.C=N/C=C\C=C\C(/C(C)=N/NC#[N+]C)N1CCN(C)CC1.CC.CC.CCC. The Hall–Kier alpha value is -2.75. The molecule has 1 heterocycles. The molecule has 0 bridgehead atoms. The molecule has 1 aliphatic rings. The summed E-state index contributed by atoms with van der Waals surface area (Å²) in [5, 5.41) is 4.30. The Morgan fingerprint density at radius 3 is 1.89 bits per heavy atom. The number of piperazine rings is 1. The average Bonchev–Trinajstić information content (AvgIpc) is 2.96. The van der Waals surface area contributed by atoms with Crippen molar-refractivity contribution in [2.24, 2.45) is 10.1 Å². The molecule has 38 heavy (non-hydrogen) atoms. The van der Waals surface area contributed by atoms with Crippen LogP contribution in [0.25, 0.3) is 4.85 Å². The Balaban J connectivity index is -0.000000175. The highest BCUT2D eigenvalue weighted by molar-refractivity contribution is 5.89. The molecule has 1 unspecified atom stereocenters. The zero-order valence-corrected chi connectivity index (χ0v) is 27.2. The lowest BCUT2D eigenvalue weighted by molar-refractivity contribution is 0.150. The summed E-state index contributed by atoms with van der Waals surface area (Å²) >= 11 is 0. The topological polar surface area (TPSA) is 47.6 Å². The third-order valence-corrected chi connectivity index (χ3v) is 4.22. The van der Waals surface area contributed by atoms with Crippen LogP contribution in [0.5, 0.6) is 0 Å². The summed E-state index contributed by atoms with van der Waals surface area (Å²) in [6, 6.07) is 0.152. The van der Waals surface area contributed by atoms with E-state index < -0.39 is 0 Å². The lowest BCUT2D eigenvalue weighted by Crippen LogP contribution is -2.50. The molecule has 0 amide bonds. The number of hydrazone groups is 1. The van der Waals surface area contributed by atoms with Crippen molar-refractivity contribution in [3.05, 3.63) is 66.2 Å². The molecular weight excluding hydrogens is 468 g/mol. The minimum Gasteiger partial charge on any atom is -0.304 e. The molecule has 0 saturated carbocycles. The van der Waals surface area contributed by atoms with Crippen LogP contribution in [-0.4, -0.2) is 68.5 Å². The third-order valence-electron chi connectivity index (χ3n) is 4.22. The van der Waals surface area contributed by atoms with Gasteiger partial charge in [0.1, 0.15) is 0 Å². The second-order valence-corrected chi connectivity index (χ2v) is 7.36. The fourth-order valence-electron chi connectivity index (χ4n) is 2.37. The van der Waals surface area contributed by atoms with Gasteiger partial charge in [-0.3, -0.25) is 9.89 Å². The van der Waals surface area contributed by atoms with E-state index in [1.54, 1.807) is 13.2 Å². The molecule has 1 rings (SSSR count). The van der Waals surface area contributed by atoms with Gasteiger partial charge in [-0.1, -0.05) is 101 Å². The Labute approximate surface area is 238 Å². The van der Waals surface area contributed by atoms with Crippen molar-refractivity contribution in [2.45, 2.75) is 88.1 Å². The minimum atomic E-state index is 0.152. The van der Waals surface area contributed by atoms with Crippen LogP contribution in [0.15, 0.2) is 71.5 Å². The maximum Gasteiger partial charge on any atom is 0.396 e. The van der Waals surface area contributed by atoms with Gasteiger partial charge in [-0.25, -0.2) is 4.85 Å². The predicted molar refractivity (Wildman–Crippen MR) is 179 cm³/mol. The molecule has 6 nitrogen and oxygen atoms in total. The fourth-order valence-corrected chi connectivity index (χ4v) is 2.37. The molecule has 0 radical (unpaired) electrons. The van der Waals surface area contributed by atoms with Crippen molar-refractivity contribution in [3.8, 4) is 6.19 Å². The summed E-state index contributed by atoms with van der Waals surface area (Å²) in [7, 11) is 3.80. The van der Waals surface area contributed by atoms with E-state index in [2.05, 4.69) is 82.7 Å². The second kappa shape index (κ2) is 44.3. The van der Waals surface area contributed by atoms with Crippen molar-refractivity contribution < 1.29 is 0 Å². The summed E-state index contributed by atoms with van der Waals surface area (Å²) < 4.78 is 0. The van der Waals surface area contributed by atoms with E-state index in [9.17, 15) is 0 Å². The van der Waals surface area contributed by atoms with Gasteiger partial charge in [-0.05, 0) is 54.0 Å². The highest BCUT2D eigenvalue weighted by atomic mass is 15.3. The van der Waals surface area contributed by atoms with Crippen molar-refractivity contribution in [3.63, 3.8) is 0 Å². The van der Waals surface area contributed by atoms with Crippen LogP contribution in [0.4, 0.5) is 0 Å². The third kappa shape index (κ3) is 37.8. The first-order chi connectivity index (χ1) is 18.4. The summed E-state index contributed by atoms with van der Waals surface area (Å²) in [5.74, 6) is 0. The van der Waals surface area contributed by atoms with E-state index >= 15 is 0 Å². The highest BCUT2D eigenvalue weighted by Gasteiger charge is 2.23. The molecule has 6 heteroatoms. The molecule has 0 aromatic heterocycles. The molecule has 0 aliphatic carbocycles. The zero-order chi connectivity index (χ0) is 30.5. The van der Waals surface area contributed by atoms with Gasteiger partial charge in [0.05, 0.1) is 11.8 Å². The van der Waals surface area contributed by atoms with Crippen molar-refractivity contribution in [2.75, 3.05) is 40.3 Å². The van der Waals surface area contributed by atoms with Crippen LogP contribution in [0, 0.1) is 6.19 Å². The average molecular weight is 532 g/mol. The lowest BCUT2D eigenvalue weighted by Gasteiger charge is -2.36. The summed E-state index contributed by atoms with van der Waals surface area (Å²) in [4.78, 5) is 12.2. The van der Waals surface area contributed by atoms with E-state index in [1.165, 1.54) is 6.42 Å². The van der Waals surface area contributed by atoms with Gasteiger partial charge in [0.15, 0.2) is 7.05 Å². The first-order valence-corrected chi connectivity index (χ1v) is 14.1. The molecular formula is C32H63N6+. The highest BCUT2D eigenvalue weighted by Crippen LogP contribution is 2.09. The molecule has 1 fully saturated rings. The number of aliphatic imine (C=N–C) groups is 1. The van der Waals surface area contributed by atoms with E-state index in [-0.39, 0.29) is 6.04 Å². The number of allylic oxidation sites excluding steroid dienone is 7. The van der Waals surface area contributed by atoms with E-state index in [4.69, 9.17) is 0 Å². The number of nitrogens with one attached hydrogen (secondary N) is 1. The van der Waals surface area contributed by atoms with Gasteiger partial charge in [0, 0.05) is 32.4 Å². The Morgan fingerprint density at radius 1 is 1.00 bits per heavy atom. The van der Waals surface area contributed by atoms with E-state index in [0.29, 0.717) is 0 Å². The minimum absolute atomic E-state index is 0.152. The van der Waals surface area contributed by atoms with Crippen molar-refractivity contribution >= 4 is 12.4 Å². The number of likely N-dealkylation sites (N-methyl/N-ethyl adjacent to an activating group) is 1. The summed E-state index contributed by atoms with van der Waals surface area (Å²) in [5.41, 5.74) is 3.70. The number of hydrogen-bond acceptors (Lipinski definition) is 5. The molecule has 0 aromatic carbocycles. The quantitative estimate of drug-likeness (QED) is 0.0853. The van der Waals surface area contributed by atoms with Crippen LogP contribution >= 0.6 is 0 Å². The van der Waals surface area contributed by atoms with Crippen molar-refractivity contribution in [1.82, 2.24) is 15.2 Å². The molecule has 220 valence electrons. The number of rotatable bonds is 8. The van der Waals surface area contributed by atoms with Gasteiger partial charge in [0.2, 0.25) is 0 Å². The van der Waals surface area contributed by atoms with Crippen LogP contribution in [-0.2, 0) is 0 Å². The van der Waals surface area contributed by atoms with Gasteiger partial charge >= 0.3 is 6.19 Å². The van der Waals surface area contributed by atoms with Gasteiger partial charge < -0.3 is 4.90 Å². The van der Waals surface area contributed by atoms with E-state index in [1.807, 2.05) is 91.8 Å². The molecule has 0 spiro atoms. The van der Waals surface area contributed by atoms with Gasteiger partial charge in [-0.2, -0.15) is 0 Å². The van der Waals surface area contributed by atoms with Crippen LogP contribution in [0.3, 0.4) is 0 Å². The largest absolute Gasteiger partial charge is 0.396 e. The van der Waals surface area contributed by atoms with Crippen LogP contribution < -0.4 is 5.43 Å². The smallest absolute Gasteiger partial charge is 0.304 e. The van der Waals surface area contributed by atoms with E-state index in [0.717, 1.165) is 38.3 Å². The first kappa shape index (κ1) is 45.2. The molecule has 1 atom stereocenters. The standard InChI is InChI=1S/C15H24N6.C6H10.C4H8.C3H8.2C2H6/c1-14(19-18-13-17-3)15(7-5-6-8-16-2)21-11-9-20(4)10-12-21;1-3-5-6-4-2;1-3-4-2;1-3-2;2*1-2/h5-8,15H,2,9-12H2,1,3-4H3;3-4,6H,1,5H2,2H3;3-4H,1-2H3;3H2,1-2H3;2*1-2H3/p+1/b7-5+,8-6-,19-14+;;4-3-;;;. The van der Waals surface area contributed by atoms with Gasteiger partial charge in [-0.15, -0.1) is 6.58 Å². The fraction of sp³-hybridized carbons (Fsp3) is 0.594. The number of nitrogens with zero attached hydrogens (tertiary/aromatic N) is 5. The van der Waals surface area contributed by atoms with Crippen molar-refractivity contribution in [1.29, 1.82) is 0 Å². The Morgan fingerprint density at radius 2 is 1.53 bits per heavy atom. The zero-order valence-electron chi connectivity index (χ0n) is 27.2. The first-order valence-electron chi connectivity index (χ1n) is 14.1. The normalized spacial score (nSPS) is 14.1. The van der Waals surface area contributed by atoms with Gasteiger partial charge in [0.25, 0.3) is 0 Å². The Kier molecular flexibility index (Phi) is 52.6. The molecule has 1 aliphatic heterocycles. The second-order valence-electron chi connectivity index (χ2n) is 7.36. The summed E-state index contributed by atoms with van der Waals surface area (Å²) in [6.45, 7) is 31.4.